The molecule has 0 saturated heterocycles. The van der Waals surface area contributed by atoms with Crippen LogP contribution in [0, 0.1) is 24.0 Å². The van der Waals surface area contributed by atoms with Crippen LogP contribution in [0.3, 0.4) is 0 Å². The molecule has 0 aliphatic rings. The van der Waals surface area contributed by atoms with Gasteiger partial charge >= 0.3 is 0 Å². The maximum absolute atomic E-state index is 12.6. The number of carbonyl (C=O) groups is 2. The lowest BCUT2D eigenvalue weighted by molar-refractivity contribution is -0.384. The third-order valence-electron chi connectivity index (χ3n) is 4.40. The van der Waals surface area contributed by atoms with E-state index >= 15 is 0 Å². The Morgan fingerprint density at radius 3 is 2.59 bits per heavy atom. The highest BCUT2D eigenvalue weighted by Crippen LogP contribution is 2.20. The van der Waals surface area contributed by atoms with E-state index in [1.807, 2.05) is 0 Å². The molecule has 27 heavy (non-hydrogen) atoms. The van der Waals surface area contributed by atoms with Crippen molar-refractivity contribution in [2.45, 2.75) is 27.3 Å². The first-order valence-corrected chi connectivity index (χ1v) is 8.07. The average molecular weight is 368 g/mol. The summed E-state index contributed by atoms with van der Waals surface area (Å²) in [5, 5.41) is 11.0. The Morgan fingerprint density at radius 1 is 1.30 bits per heavy atom. The number of aromatic amines is 1. The van der Waals surface area contributed by atoms with Gasteiger partial charge in [0.05, 0.1) is 34.4 Å². The van der Waals surface area contributed by atoms with E-state index in [-0.39, 0.29) is 40.4 Å². The van der Waals surface area contributed by atoms with Crippen molar-refractivity contribution < 1.29 is 14.5 Å². The molecule has 1 N–H and O–H groups in total. The van der Waals surface area contributed by atoms with Gasteiger partial charge in [0, 0.05) is 23.4 Å². The Hall–Kier alpha value is -3.62. The van der Waals surface area contributed by atoms with Crippen molar-refractivity contribution in [2.24, 2.45) is 0 Å². The van der Waals surface area contributed by atoms with Crippen LogP contribution in [0.15, 0.2) is 29.3 Å². The Balaban J connectivity index is 1.99. The largest absolute Gasteiger partial charge is 0.355 e. The zero-order valence-corrected chi connectivity index (χ0v) is 14.9. The number of ketones is 2. The van der Waals surface area contributed by atoms with E-state index < -0.39 is 10.5 Å². The molecule has 0 atom stereocenters. The molecule has 0 spiro atoms. The molecule has 2 aromatic heterocycles. The molecule has 0 radical (unpaired) electrons. The molecule has 3 rings (SSSR count). The lowest BCUT2D eigenvalue weighted by Crippen LogP contribution is -2.25. The lowest BCUT2D eigenvalue weighted by atomic mass is 10.1. The highest BCUT2D eigenvalue weighted by atomic mass is 16.6. The lowest BCUT2D eigenvalue weighted by Gasteiger charge is -2.06. The summed E-state index contributed by atoms with van der Waals surface area (Å²) >= 11 is 0. The molecule has 0 fully saturated rings. The third-order valence-corrected chi connectivity index (χ3v) is 4.40. The average Bonchev–Trinajstić information content (AvgIpc) is 2.91. The van der Waals surface area contributed by atoms with Gasteiger partial charge < -0.3 is 4.98 Å². The number of benzene rings is 1. The number of carbonyl (C=O) groups excluding carboxylic acids is 2. The summed E-state index contributed by atoms with van der Waals surface area (Å²) < 4.78 is 1.14. The number of nitro groups is 1. The van der Waals surface area contributed by atoms with E-state index in [4.69, 9.17) is 0 Å². The van der Waals surface area contributed by atoms with Gasteiger partial charge in [-0.3, -0.25) is 29.1 Å². The molecule has 138 valence electrons. The molecule has 3 aromatic rings. The minimum Gasteiger partial charge on any atom is -0.355 e. The van der Waals surface area contributed by atoms with Gasteiger partial charge in [0.25, 0.3) is 11.2 Å². The van der Waals surface area contributed by atoms with E-state index in [1.165, 1.54) is 31.5 Å². The number of nitro benzene ring substituents is 1. The van der Waals surface area contributed by atoms with E-state index in [0.29, 0.717) is 16.8 Å². The van der Waals surface area contributed by atoms with E-state index in [9.17, 15) is 24.5 Å². The molecule has 2 heterocycles. The van der Waals surface area contributed by atoms with Crippen molar-refractivity contribution in [3.63, 3.8) is 0 Å². The summed E-state index contributed by atoms with van der Waals surface area (Å²) in [5.41, 5.74) is 1.42. The number of hydrogen-bond acceptors (Lipinski definition) is 6. The minimum absolute atomic E-state index is 0.147. The fraction of sp³-hybridized carbons (Fsp3) is 0.222. The normalized spacial score (nSPS) is 10.9. The van der Waals surface area contributed by atoms with Crippen LogP contribution in [0.1, 0.15) is 39.0 Å². The highest BCUT2D eigenvalue weighted by molar-refractivity contribution is 6.03. The summed E-state index contributed by atoms with van der Waals surface area (Å²) in [6, 6.07) is 3.75. The van der Waals surface area contributed by atoms with Gasteiger partial charge in [-0.15, -0.1) is 0 Å². The second kappa shape index (κ2) is 6.60. The molecule has 1 aromatic carbocycles. The topological polar surface area (TPSA) is 128 Å². The molecule has 9 heteroatoms. The van der Waals surface area contributed by atoms with Crippen LogP contribution in [-0.2, 0) is 6.54 Å². The summed E-state index contributed by atoms with van der Waals surface area (Å²) in [5.74, 6) is -0.514. The number of H-pyrrole nitrogens is 1. The van der Waals surface area contributed by atoms with Gasteiger partial charge in [0.1, 0.15) is 0 Å². The Bertz CT molecular complexity index is 1170. The highest BCUT2D eigenvalue weighted by Gasteiger charge is 2.20. The van der Waals surface area contributed by atoms with E-state index in [2.05, 4.69) is 9.97 Å². The predicted octanol–water partition coefficient (Wildman–Crippen LogP) is 2.34. The van der Waals surface area contributed by atoms with Crippen molar-refractivity contribution in [3.05, 3.63) is 67.5 Å². The van der Waals surface area contributed by atoms with E-state index in [0.717, 1.165) is 4.57 Å². The number of aromatic nitrogens is 3. The fourth-order valence-corrected chi connectivity index (χ4v) is 3.16. The van der Waals surface area contributed by atoms with Crippen LogP contribution in [0.4, 0.5) is 5.69 Å². The van der Waals surface area contributed by atoms with Crippen LogP contribution < -0.4 is 5.56 Å². The molecule has 0 bridgehead atoms. The van der Waals surface area contributed by atoms with Crippen molar-refractivity contribution in [2.75, 3.05) is 0 Å². The molecule has 0 saturated carbocycles. The maximum Gasteiger partial charge on any atom is 0.271 e. The summed E-state index contributed by atoms with van der Waals surface area (Å²) in [4.78, 5) is 54.1. The van der Waals surface area contributed by atoms with Gasteiger partial charge in [-0.2, -0.15) is 0 Å². The Kier molecular flexibility index (Phi) is 4.44. The maximum atomic E-state index is 12.6. The van der Waals surface area contributed by atoms with E-state index in [1.54, 1.807) is 13.8 Å². The number of non-ortho nitro benzene ring substituents is 1. The van der Waals surface area contributed by atoms with Crippen LogP contribution in [0.25, 0.3) is 10.9 Å². The molecular formula is C18H16N4O5. The smallest absolute Gasteiger partial charge is 0.271 e. The predicted molar refractivity (Wildman–Crippen MR) is 97.3 cm³/mol. The number of nitrogens with zero attached hydrogens (tertiary/aromatic N) is 3. The summed E-state index contributed by atoms with van der Waals surface area (Å²) in [6.45, 7) is 4.54. The first-order valence-electron chi connectivity index (χ1n) is 8.07. The van der Waals surface area contributed by atoms with Gasteiger partial charge in [-0.05, 0) is 32.4 Å². The zero-order valence-electron chi connectivity index (χ0n) is 14.9. The van der Waals surface area contributed by atoms with Gasteiger partial charge in [0.15, 0.2) is 11.6 Å². The standard InChI is InChI=1S/C18H16N4O5/c1-9-16(11(3)23)10(2)20-17(9)15(24)7-21-8-19-14-6-12(22(26)27)4-5-13(14)18(21)25/h4-6,8,20H,7H2,1-3H3. The number of aryl methyl sites for hydroxylation is 1. The van der Waals surface area contributed by atoms with Crippen LogP contribution >= 0.6 is 0 Å². The minimum atomic E-state index is -0.570. The Morgan fingerprint density at radius 2 is 2.00 bits per heavy atom. The number of Topliss-reactive ketones (excluding diaryl/α,β-unsaturated/α-hetero) is 2. The number of hydrogen-bond donors (Lipinski definition) is 1. The number of nitrogens with one attached hydrogen (secondary N) is 1. The Labute approximate surface area is 152 Å². The molecule has 0 aliphatic carbocycles. The van der Waals surface area contributed by atoms with Crippen molar-refractivity contribution in [3.8, 4) is 0 Å². The quantitative estimate of drug-likeness (QED) is 0.418. The second-order valence-electron chi connectivity index (χ2n) is 6.24. The van der Waals surface area contributed by atoms with Crippen LogP contribution in [0.2, 0.25) is 0 Å². The number of fused-ring (bicyclic) bond motifs is 1. The molecule has 0 aliphatic heterocycles. The van der Waals surface area contributed by atoms with Crippen molar-refractivity contribution in [1.29, 1.82) is 0 Å². The fourth-order valence-electron chi connectivity index (χ4n) is 3.16. The SMILES string of the molecule is CC(=O)c1c(C)[nH]c(C(=O)Cn2cnc3cc([N+](=O)[O-])ccc3c2=O)c1C. The van der Waals surface area contributed by atoms with Crippen molar-refractivity contribution >= 4 is 28.2 Å². The van der Waals surface area contributed by atoms with Crippen LogP contribution in [0.5, 0.6) is 0 Å². The monoisotopic (exact) mass is 368 g/mol. The van der Waals surface area contributed by atoms with Crippen molar-refractivity contribution in [1.82, 2.24) is 14.5 Å². The molecule has 0 amide bonds. The summed E-state index contributed by atoms with van der Waals surface area (Å²) in [6.07, 6.45) is 1.18. The zero-order chi connectivity index (χ0) is 19.9. The first kappa shape index (κ1) is 18.2. The van der Waals surface area contributed by atoms with Gasteiger partial charge in [-0.1, -0.05) is 0 Å². The second-order valence-corrected chi connectivity index (χ2v) is 6.24. The molecule has 9 nitrogen and oxygen atoms in total. The third kappa shape index (κ3) is 3.14. The van der Waals surface area contributed by atoms with Crippen LogP contribution in [-0.4, -0.2) is 31.0 Å². The first-order chi connectivity index (χ1) is 12.7. The van der Waals surface area contributed by atoms with Gasteiger partial charge in [-0.25, -0.2) is 4.98 Å². The summed E-state index contributed by atoms with van der Waals surface area (Å²) in [7, 11) is 0. The molecular weight excluding hydrogens is 352 g/mol. The molecule has 0 unspecified atom stereocenters. The van der Waals surface area contributed by atoms with Gasteiger partial charge in [0.2, 0.25) is 0 Å². The number of rotatable bonds is 5.